The van der Waals surface area contributed by atoms with Crippen LogP contribution in [-0.2, 0) is 0 Å². The van der Waals surface area contributed by atoms with E-state index >= 15 is 0 Å². The number of aromatic nitrogens is 1. The molecule has 7 nitrogen and oxygen atoms in total. The first kappa shape index (κ1) is 18.3. The average molecular weight is 341 g/mol. The molecule has 0 fully saturated rings. The number of nitrogens with one attached hydrogen (secondary N) is 2. The highest BCUT2D eigenvalue weighted by Gasteiger charge is 2.11. The van der Waals surface area contributed by atoms with Gasteiger partial charge in [0.15, 0.2) is 5.88 Å². The Bertz CT molecular complexity index is 757. The van der Waals surface area contributed by atoms with Crippen LogP contribution in [-0.4, -0.2) is 30.9 Å². The molecule has 0 saturated carbocycles. The molecule has 132 valence electrons. The van der Waals surface area contributed by atoms with Crippen LogP contribution in [0.5, 0.6) is 11.5 Å². The van der Waals surface area contributed by atoms with Crippen LogP contribution in [0.1, 0.15) is 6.92 Å². The summed E-state index contributed by atoms with van der Waals surface area (Å²) in [5.41, 5.74) is 13.8. The summed E-state index contributed by atoms with van der Waals surface area (Å²) in [6.07, 6.45) is 3.23. The van der Waals surface area contributed by atoms with Crippen molar-refractivity contribution in [1.82, 2.24) is 10.3 Å². The van der Waals surface area contributed by atoms with Gasteiger partial charge in [0.25, 0.3) is 0 Å². The number of nitrogen functional groups attached to an aromatic ring is 1. The number of allylic oxidation sites excluding steroid dienone is 1. The maximum Gasteiger partial charge on any atom is 0.194 e. The maximum atomic E-state index is 7.58. The van der Waals surface area contributed by atoms with Crippen molar-refractivity contribution in [3.8, 4) is 22.8 Å². The fourth-order valence-electron chi connectivity index (χ4n) is 2.10. The largest absolute Gasteiger partial charge is 0.491 e. The number of ether oxygens (including phenoxy) is 2. The Morgan fingerprint density at radius 2 is 2.12 bits per heavy atom. The fraction of sp³-hybridized carbons (Fsp3) is 0.222. The Labute approximate surface area is 147 Å². The lowest BCUT2D eigenvalue weighted by Crippen LogP contribution is -2.14. The summed E-state index contributed by atoms with van der Waals surface area (Å²) >= 11 is 0. The van der Waals surface area contributed by atoms with Crippen LogP contribution in [0.4, 0.5) is 5.69 Å². The van der Waals surface area contributed by atoms with E-state index in [1.54, 1.807) is 38.4 Å². The van der Waals surface area contributed by atoms with Gasteiger partial charge < -0.3 is 31.7 Å². The van der Waals surface area contributed by atoms with Crippen molar-refractivity contribution in [2.75, 3.05) is 25.9 Å². The predicted octanol–water partition coefficient (Wildman–Crippen LogP) is 2.15. The Kier molecular flexibility index (Phi) is 6.36. The summed E-state index contributed by atoms with van der Waals surface area (Å²) in [5.74, 6) is 1.65. The molecule has 0 bridgehead atoms. The first-order valence-electron chi connectivity index (χ1n) is 7.84. The van der Waals surface area contributed by atoms with Gasteiger partial charge in [-0.3, -0.25) is 4.98 Å². The molecule has 0 atom stereocenters. The summed E-state index contributed by atoms with van der Waals surface area (Å²) in [5, 5.41) is 10.5. The van der Waals surface area contributed by atoms with Gasteiger partial charge in [0.05, 0.1) is 11.9 Å². The molecule has 0 aliphatic carbocycles. The van der Waals surface area contributed by atoms with E-state index in [0.29, 0.717) is 41.9 Å². The zero-order valence-corrected chi connectivity index (χ0v) is 14.4. The minimum atomic E-state index is 0.370. The summed E-state index contributed by atoms with van der Waals surface area (Å²) in [6, 6.07) is 9.02. The monoisotopic (exact) mass is 341 g/mol. The smallest absolute Gasteiger partial charge is 0.194 e. The second-order valence-electron chi connectivity index (χ2n) is 5.32. The molecule has 0 saturated heterocycles. The molecule has 0 radical (unpaired) electrons. The van der Waals surface area contributed by atoms with Crippen LogP contribution in [0.2, 0.25) is 0 Å². The van der Waals surface area contributed by atoms with Gasteiger partial charge in [-0.15, -0.1) is 0 Å². The van der Waals surface area contributed by atoms with E-state index in [9.17, 15) is 0 Å². The topological polar surface area (TPSA) is 119 Å². The summed E-state index contributed by atoms with van der Waals surface area (Å²) in [7, 11) is 1.72. The normalized spacial score (nSPS) is 11.1. The van der Waals surface area contributed by atoms with Crippen molar-refractivity contribution in [3.05, 3.63) is 48.5 Å². The highest BCUT2D eigenvalue weighted by Crippen LogP contribution is 2.32. The molecule has 2 aromatic rings. The van der Waals surface area contributed by atoms with E-state index in [-0.39, 0.29) is 0 Å². The average Bonchev–Trinajstić information content (AvgIpc) is 2.59. The van der Waals surface area contributed by atoms with Crippen LogP contribution >= 0.6 is 0 Å². The van der Waals surface area contributed by atoms with Crippen molar-refractivity contribution in [3.63, 3.8) is 0 Å². The van der Waals surface area contributed by atoms with Crippen molar-refractivity contribution < 1.29 is 9.47 Å². The van der Waals surface area contributed by atoms with Crippen molar-refractivity contribution in [1.29, 1.82) is 5.41 Å². The zero-order chi connectivity index (χ0) is 18.2. The first-order valence-corrected chi connectivity index (χ1v) is 7.84. The highest BCUT2D eigenvalue weighted by molar-refractivity contribution is 5.90. The predicted molar refractivity (Wildman–Crippen MR) is 99.8 cm³/mol. The second-order valence-corrected chi connectivity index (χ2v) is 5.32. The van der Waals surface area contributed by atoms with E-state index in [1.165, 1.54) is 0 Å². The third kappa shape index (κ3) is 5.22. The second kappa shape index (κ2) is 8.70. The molecule has 0 unspecified atom stereocenters. The summed E-state index contributed by atoms with van der Waals surface area (Å²) in [4.78, 5) is 4.42. The molecule has 0 spiro atoms. The number of rotatable bonds is 8. The van der Waals surface area contributed by atoms with Crippen LogP contribution in [0.3, 0.4) is 0 Å². The van der Waals surface area contributed by atoms with E-state index in [0.717, 1.165) is 11.3 Å². The van der Waals surface area contributed by atoms with E-state index in [4.69, 9.17) is 26.4 Å². The van der Waals surface area contributed by atoms with Gasteiger partial charge in [0.1, 0.15) is 18.1 Å². The third-order valence-electron chi connectivity index (χ3n) is 3.22. The molecule has 2 rings (SSSR count). The Balaban J connectivity index is 2.33. The van der Waals surface area contributed by atoms with Gasteiger partial charge >= 0.3 is 0 Å². The summed E-state index contributed by atoms with van der Waals surface area (Å²) < 4.78 is 11.3. The Morgan fingerprint density at radius 3 is 2.72 bits per heavy atom. The molecule has 0 aliphatic heterocycles. The lowest BCUT2D eigenvalue weighted by atomic mass is 10.1. The molecule has 1 aromatic carbocycles. The minimum Gasteiger partial charge on any atom is -0.491 e. The SMILES string of the molecule is CN/C(=C\C(C)=N)Oc1cc(N)ccc1-c1ccc(OCCN)cn1. The molecule has 6 N–H and O–H groups in total. The number of nitrogens with two attached hydrogens (primary N) is 2. The Morgan fingerprint density at radius 1 is 1.32 bits per heavy atom. The third-order valence-corrected chi connectivity index (χ3v) is 3.22. The fourth-order valence-corrected chi connectivity index (χ4v) is 2.10. The maximum absolute atomic E-state index is 7.58. The number of anilines is 1. The molecule has 0 amide bonds. The first-order chi connectivity index (χ1) is 12.0. The minimum absolute atomic E-state index is 0.370. The van der Waals surface area contributed by atoms with Gasteiger partial charge in [-0.25, -0.2) is 0 Å². The number of hydrogen-bond donors (Lipinski definition) is 4. The molecule has 25 heavy (non-hydrogen) atoms. The van der Waals surface area contributed by atoms with Crippen molar-refractivity contribution in [2.24, 2.45) is 5.73 Å². The van der Waals surface area contributed by atoms with Gasteiger partial charge in [-0.2, -0.15) is 0 Å². The van der Waals surface area contributed by atoms with Crippen LogP contribution in [0, 0.1) is 5.41 Å². The Hall–Kier alpha value is -3.06. The number of pyridine rings is 1. The standard InChI is InChI=1S/C18H23N5O2/c1-12(20)9-18(22-2)25-17-10-13(21)3-5-15(17)16-6-4-14(11-23-16)24-8-7-19/h3-6,9-11,20,22H,7-8,19,21H2,1-2H3/b18-9+,20-12?. The highest BCUT2D eigenvalue weighted by atomic mass is 16.5. The van der Waals surface area contributed by atoms with Gasteiger partial charge in [0, 0.05) is 42.7 Å². The van der Waals surface area contributed by atoms with Crippen LogP contribution in [0.15, 0.2) is 48.5 Å². The van der Waals surface area contributed by atoms with Crippen LogP contribution < -0.4 is 26.3 Å². The van der Waals surface area contributed by atoms with Crippen molar-refractivity contribution >= 4 is 11.4 Å². The molecule has 1 aromatic heterocycles. The molecule has 7 heteroatoms. The number of benzene rings is 1. The van der Waals surface area contributed by atoms with Gasteiger partial charge in [-0.1, -0.05) is 0 Å². The number of hydrogen-bond acceptors (Lipinski definition) is 7. The lowest BCUT2D eigenvalue weighted by molar-refractivity contribution is 0.327. The molecule has 0 aliphatic rings. The van der Waals surface area contributed by atoms with E-state index in [2.05, 4.69) is 10.3 Å². The summed E-state index contributed by atoms with van der Waals surface area (Å²) in [6.45, 7) is 2.56. The zero-order valence-electron chi connectivity index (χ0n) is 14.4. The lowest BCUT2D eigenvalue weighted by Gasteiger charge is -2.14. The van der Waals surface area contributed by atoms with Gasteiger partial charge in [0.2, 0.25) is 0 Å². The quantitative estimate of drug-likeness (QED) is 0.332. The van der Waals surface area contributed by atoms with Crippen molar-refractivity contribution in [2.45, 2.75) is 6.92 Å². The number of nitrogens with zero attached hydrogens (tertiary/aromatic N) is 1. The van der Waals surface area contributed by atoms with Gasteiger partial charge in [-0.05, 0) is 31.2 Å². The molecular weight excluding hydrogens is 318 g/mol. The van der Waals surface area contributed by atoms with Crippen LogP contribution in [0.25, 0.3) is 11.3 Å². The molecule has 1 heterocycles. The van der Waals surface area contributed by atoms with E-state index in [1.807, 2.05) is 18.2 Å². The van der Waals surface area contributed by atoms with E-state index < -0.39 is 0 Å². The molecular formula is C18H23N5O2.